The molecule has 20 heavy (non-hydrogen) atoms. The highest BCUT2D eigenvalue weighted by atomic mass is 16.2. The van der Waals surface area contributed by atoms with Gasteiger partial charge in [-0.3, -0.25) is 4.79 Å². The minimum Gasteiger partial charge on any atom is -0.337 e. The summed E-state index contributed by atoms with van der Waals surface area (Å²) in [6.45, 7) is 2.29. The number of benzene rings is 1. The van der Waals surface area contributed by atoms with Crippen molar-refractivity contribution in [3.05, 3.63) is 42.1 Å². The normalized spacial score (nSPS) is 16.6. The summed E-state index contributed by atoms with van der Waals surface area (Å²) in [6, 6.07) is 11.6. The van der Waals surface area contributed by atoms with Gasteiger partial charge in [0.1, 0.15) is 5.69 Å². The van der Waals surface area contributed by atoms with Crippen molar-refractivity contribution in [1.82, 2.24) is 9.88 Å². The molecule has 0 radical (unpaired) electrons. The topological polar surface area (TPSA) is 59.2 Å². The Hall–Kier alpha value is -1.94. The zero-order valence-electron chi connectivity index (χ0n) is 11.5. The summed E-state index contributed by atoms with van der Waals surface area (Å²) in [7, 11) is 0. The summed E-state index contributed by atoms with van der Waals surface area (Å²) < 4.78 is 0. The van der Waals surface area contributed by atoms with Crippen LogP contribution in [-0.2, 0) is 0 Å². The second-order valence-electron chi connectivity index (χ2n) is 5.36. The van der Waals surface area contributed by atoms with Crippen molar-refractivity contribution >= 4 is 16.8 Å². The van der Waals surface area contributed by atoms with E-state index in [4.69, 9.17) is 5.73 Å². The molecule has 0 atom stereocenters. The predicted molar refractivity (Wildman–Crippen MR) is 79.4 cm³/mol. The smallest absolute Gasteiger partial charge is 0.272 e. The second kappa shape index (κ2) is 5.59. The van der Waals surface area contributed by atoms with Gasteiger partial charge in [-0.2, -0.15) is 0 Å². The van der Waals surface area contributed by atoms with Crippen LogP contribution in [0.5, 0.6) is 0 Å². The highest BCUT2D eigenvalue weighted by molar-refractivity contribution is 5.94. The lowest BCUT2D eigenvalue weighted by Gasteiger charge is -2.31. The lowest BCUT2D eigenvalue weighted by atomic mass is 9.97. The first-order valence-electron chi connectivity index (χ1n) is 7.13. The van der Waals surface area contributed by atoms with Gasteiger partial charge in [0.25, 0.3) is 5.91 Å². The van der Waals surface area contributed by atoms with Crippen molar-refractivity contribution in [2.75, 3.05) is 19.6 Å². The van der Waals surface area contributed by atoms with Crippen molar-refractivity contribution in [1.29, 1.82) is 0 Å². The average molecular weight is 269 g/mol. The third-order valence-electron chi connectivity index (χ3n) is 4.05. The summed E-state index contributed by atoms with van der Waals surface area (Å²) in [5, 5.41) is 1.06. The number of pyridine rings is 1. The molecule has 0 unspecified atom stereocenters. The number of fused-ring (bicyclic) bond motifs is 1. The fraction of sp³-hybridized carbons (Fsp3) is 0.375. The van der Waals surface area contributed by atoms with Gasteiger partial charge in [0, 0.05) is 18.5 Å². The molecule has 1 aromatic heterocycles. The van der Waals surface area contributed by atoms with Crippen LogP contribution in [0.1, 0.15) is 23.3 Å². The SMILES string of the molecule is NCC1CCN(C(=O)c2ccc3ccccc3n2)CC1. The molecule has 1 aliphatic rings. The van der Waals surface area contributed by atoms with Crippen molar-refractivity contribution in [3.63, 3.8) is 0 Å². The second-order valence-corrected chi connectivity index (χ2v) is 5.36. The molecule has 1 aliphatic heterocycles. The van der Waals surface area contributed by atoms with E-state index in [-0.39, 0.29) is 5.91 Å². The van der Waals surface area contributed by atoms with E-state index in [9.17, 15) is 4.79 Å². The maximum atomic E-state index is 12.5. The minimum absolute atomic E-state index is 0.0335. The molecule has 1 saturated heterocycles. The molecule has 2 aromatic rings. The van der Waals surface area contributed by atoms with Crippen LogP contribution in [-0.4, -0.2) is 35.4 Å². The molecule has 2 heterocycles. The minimum atomic E-state index is 0.0335. The van der Waals surface area contributed by atoms with Crippen LogP contribution in [0, 0.1) is 5.92 Å². The van der Waals surface area contributed by atoms with Gasteiger partial charge in [-0.15, -0.1) is 0 Å². The molecular weight excluding hydrogens is 250 g/mol. The zero-order chi connectivity index (χ0) is 13.9. The molecule has 4 heteroatoms. The largest absolute Gasteiger partial charge is 0.337 e. The van der Waals surface area contributed by atoms with E-state index < -0.39 is 0 Å². The van der Waals surface area contributed by atoms with Crippen LogP contribution >= 0.6 is 0 Å². The Bertz CT molecular complexity index is 618. The number of carbonyl (C=O) groups is 1. The molecule has 1 fully saturated rings. The Kier molecular flexibility index (Phi) is 3.65. The number of nitrogens with two attached hydrogens (primary N) is 1. The van der Waals surface area contributed by atoms with E-state index in [1.807, 2.05) is 41.3 Å². The van der Waals surface area contributed by atoms with Crippen LogP contribution in [0.25, 0.3) is 10.9 Å². The van der Waals surface area contributed by atoms with Gasteiger partial charge in [-0.1, -0.05) is 24.3 Å². The first-order chi connectivity index (χ1) is 9.78. The molecule has 104 valence electrons. The van der Waals surface area contributed by atoms with Crippen LogP contribution in [0.2, 0.25) is 0 Å². The van der Waals surface area contributed by atoms with Crippen LogP contribution < -0.4 is 5.73 Å². The molecule has 3 rings (SSSR count). The van der Waals surface area contributed by atoms with E-state index in [1.54, 1.807) is 0 Å². The van der Waals surface area contributed by atoms with Gasteiger partial charge in [-0.05, 0) is 37.4 Å². The fourth-order valence-corrected chi connectivity index (χ4v) is 2.72. The number of para-hydroxylation sites is 1. The number of hydrogen-bond donors (Lipinski definition) is 1. The molecule has 0 spiro atoms. The quantitative estimate of drug-likeness (QED) is 0.907. The van der Waals surface area contributed by atoms with Gasteiger partial charge in [-0.25, -0.2) is 4.98 Å². The number of rotatable bonds is 2. The van der Waals surface area contributed by atoms with Gasteiger partial charge in [0.05, 0.1) is 5.52 Å². The molecule has 1 amide bonds. The monoisotopic (exact) mass is 269 g/mol. The molecule has 0 aliphatic carbocycles. The third-order valence-corrected chi connectivity index (χ3v) is 4.05. The molecule has 0 saturated carbocycles. The molecule has 4 nitrogen and oxygen atoms in total. The first kappa shape index (κ1) is 13.1. The Morgan fingerprint density at radius 2 is 1.95 bits per heavy atom. The maximum absolute atomic E-state index is 12.5. The number of likely N-dealkylation sites (tertiary alicyclic amines) is 1. The Labute approximate surface area is 118 Å². The van der Waals surface area contributed by atoms with Crippen LogP contribution in [0.4, 0.5) is 0 Å². The summed E-state index contributed by atoms with van der Waals surface area (Å²) >= 11 is 0. The van der Waals surface area contributed by atoms with E-state index in [0.29, 0.717) is 11.6 Å². The standard InChI is InChI=1S/C16H19N3O/c17-11-12-7-9-19(10-8-12)16(20)15-6-5-13-3-1-2-4-14(13)18-15/h1-6,12H,7-11,17H2. The summed E-state index contributed by atoms with van der Waals surface area (Å²) in [5.74, 6) is 0.592. The van der Waals surface area contributed by atoms with Crippen molar-refractivity contribution in [2.24, 2.45) is 11.7 Å². The molecule has 1 aromatic carbocycles. The Balaban J connectivity index is 1.79. The van der Waals surface area contributed by atoms with Crippen LogP contribution in [0.3, 0.4) is 0 Å². The van der Waals surface area contributed by atoms with Crippen molar-refractivity contribution < 1.29 is 4.79 Å². The molecular formula is C16H19N3O. The summed E-state index contributed by atoms with van der Waals surface area (Å²) in [5.41, 5.74) is 7.09. The Morgan fingerprint density at radius 1 is 1.20 bits per heavy atom. The lowest BCUT2D eigenvalue weighted by molar-refractivity contribution is 0.0688. The van der Waals surface area contributed by atoms with E-state index >= 15 is 0 Å². The highest BCUT2D eigenvalue weighted by Gasteiger charge is 2.23. The maximum Gasteiger partial charge on any atom is 0.272 e. The number of nitrogens with zero attached hydrogens (tertiary/aromatic N) is 2. The number of hydrogen-bond acceptors (Lipinski definition) is 3. The van der Waals surface area contributed by atoms with Gasteiger partial charge < -0.3 is 10.6 Å². The lowest BCUT2D eigenvalue weighted by Crippen LogP contribution is -2.40. The summed E-state index contributed by atoms with van der Waals surface area (Å²) in [4.78, 5) is 18.8. The first-order valence-corrected chi connectivity index (χ1v) is 7.13. The highest BCUT2D eigenvalue weighted by Crippen LogP contribution is 2.18. The fourth-order valence-electron chi connectivity index (χ4n) is 2.72. The van der Waals surface area contributed by atoms with E-state index in [2.05, 4.69) is 4.98 Å². The molecule has 2 N–H and O–H groups in total. The Morgan fingerprint density at radius 3 is 2.70 bits per heavy atom. The van der Waals surface area contributed by atoms with Crippen LogP contribution in [0.15, 0.2) is 36.4 Å². The predicted octanol–water partition coefficient (Wildman–Crippen LogP) is 2.05. The van der Waals surface area contributed by atoms with Crippen molar-refractivity contribution in [3.8, 4) is 0 Å². The number of aromatic nitrogens is 1. The number of carbonyl (C=O) groups excluding carboxylic acids is 1. The number of piperidine rings is 1. The average Bonchev–Trinajstić information content (AvgIpc) is 2.54. The van der Waals surface area contributed by atoms with Gasteiger partial charge in [0.2, 0.25) is 0 Å². The van der Waals surface area contributed by atoms with Gasteiger partial charge in [0.15, 0.2) is 0 Å². The van der Waals surface area contributed by atoms with Crippen molar-refractivity contribution in [2.45, 2.75) is 12.8 Å². The van der Waals surface area contributed by atoms with Gasteiger partial charge >= 0.3 is 0 Å². The number of amides is 1. The van der Waals surface area contributed by atoms with E-state index in [0.717, 1.165) is 43.4 Å². The molecule has 0 bridgehead atoms. The third kappa shape index (κ3) is 2.51. The summed E-state index contributed by atoms with van der Waals surface area (Å²) in [6.07, 6.45) is 1.99. The zero-order valence-corrected chi connectivity index (χ0v) is 11.5. The van der Waals surface area contributed by atoms with E-state index in [1.165, 1.54) is 0 Å².